The summed E-state index contributed by atoms with van der Waals surface area (Å²) in [5, 5.41) is 14.4. The van der Waals surface area contributed by atoms with E-state index in [1.807, 2.05) is 6.92 Å². The van der Waals surface area contributed by atoms with E-state index in [1.54, 1.807) is 0 Å². The average Bonchev–Trinajstić information content (AvgIpc) is 2.77. The molecule has 0 aromatic rings. The quantitative estimate of drug-likeness (QED) is 0.637. The van der Waals surface area contributed by atoms with Crippen molar-refractivity contribution in [2.24, 2.45) is 44.3 Å². The zero-order valence-electron chi connectivity index (χ0n) is 16.8. The first kappa shape index (κ1) is 18.8. The lowest BCUT2D eigenvalue weighted by Crippen LogP contribution is -2.58. The largest absolute Gasteiger partial charge is 0.481 e. The van der Waals surface area contributed by atoms with Crippen LogP contribution in [0, 0.1) is 33.5 Å². The van der Waals surface area contributed by atoms with Crippen molar-refractivity contribution in [2.45, 2.75) is 78.6 Å². The second-order valence-corrected chi connectivity index (χ2v) is 10.6. The third kappa shape index (κ3) is 2.47. The van der Waals surface area contributed by atoms with Crippen LogP contribution in [0.5, 0.6) is 0 Å². The minimum absolute atomic E-state index is 0.0346. The number of amides is 2. The van der Waals surface area contributed by atoms with Crippen LogP contribution in [0.4, 0.5) is 4.79 Å². The molecule has 4 saturated carbocycles. The van der Waals surface area contributed by atoms with E-state index in [2.05, 4.69) is 24.4 Å². The van der Waals surface area contributed by atoms with Crippen molar-refractivity contribution in [1.29, 1.82) is 0 Å². The molecular weight excluding hydrogens is 342 g/mol. The number of nitrogens with one attached hydrogen (secondary N) is 1. The summed E-state index contributed by atoms with van der Waals surface area (Å²) in [5.74, 6) is 0.174. The van der Waals surface area contributed by atoms with Gasteiger partial charge in [0.05, 0.1) is 5.41 Å². The molecule has 6 nitrogen and oxygen atoms in total. The van der Waals surface area contributed by atoms with Crippen LogP contribution in [-0.4, -0.2) is 22.8 Å². The molecule has 150 valence electrons. The molecule has 6 atom stereocenters. The molecule has 4 fully saturated rings. The molecule has 4 rings (SSSR count). The van der Waals surface area contributed by atoms with E-state index in [-0.39, 0.29) is 22.2 Å². The van der Waals surface area contributed by atoms with E-state index >= 15 is 0 Å². The van der Waals surface area contributed by atoms with Crippen molar-refractivity contribution < 1.29 is 14.7 Å². The number of rotatable bonds is 2. The predicted molar refractivity (Wildman–Crippen MR) is 103 cm³/mol. The first-order chi connectivity index (χ1) is 12.6. The molecule has 0 aromatic carbocycles. The number of fused-ring (bicyclic) bond motifs is 3. The third-order valence-corrected chi connectivity index (χ3v) is 9.18. The number of urea groups is 1. The molecule has 0 unspecified atom stereocenters. The molecule has 0 aromatic heterocycles. The van der Waals surface area contributed by atoms with Gasteiger partial charge in [0, 0.05) is 11.1 Å². The van der Waals surface area contributed by atoms with Crippen molar-refractivity contribution in [3.05, 3.63) is 0 Å². The van der Waals surface area contributed by atoms with Gasteiger partial charge in [0.15, 0.2) is 0 Å². The van der Waals surface area contributed by atoms with Gasteiger partial charge < -0.3 is 10.8 Å². The molecule has 0 radical (unpaired) electrons. The standard InChI is InChI=1S/C21H33N3O3/c1-18-9-5-14-19(2)7-4-8-20(3,16(25)26)13(19)6-10-21(14,12-18)11-15(18)23-24-17(22)27/h13-14H,4-12H2,1-3H3,(H,25,26)(H3,22,24,27)/b23-15+/t13-,14-,18-,19+,20+,21-/m0/s1. The van der Waals surface area contributed by atoms with E-state index in [4.69, 9.17) is 5.73 Å². The highest BCUT2D eigenvalue weighted by atomic mass is 16.4. The number of hydrazone groups is 1. The average molecular weight is 376 g/mol. The number of aliphatic carboxylic acids is 1. The van der Waals surface area contributed by atoms with Crippen LogP contribution in [0.15, 0.2) is 5.10 Å². The van der Waals surface area contributed by atoms with Crippen molar-refractivity contribution >= 4 is 17.7 Å². The number of carboxylic acids is 1. The Kier molecular flexibility index (Phi) is 3.97. The maximum absolute atomic E-state index is 12.2. The number of hydrogen-bond donors (Lipinski definition) is 3. The first-order valence-corrected chi connectivity index (χ1v) is 10.4. The summed E-state index contributed by atoms with van der Waals surface area (Å²) >= 11 is 0. The molecule has 4 N–H and O–H groups in total. The zero-order chi connectivity index (χ0) is 19.7. The SMILES string of the molecule is C[C@@]12CC[C@@H]3[C@@](CC[C@H]4[C@@]3(C)CCC[C@@]4(C)C(=O)O)(C/C1=N\NC(N)=O)C2. The van der Waals surface area contributed by atoms with Gasteiger partial charge in [0.25, 0.3) is 0 Å². The number of carboxylic acid groups (broad SMARTS) is 1. The predicted octanol–water partition coefficient (Wildman–Crippen LogP) is 3.90. The topological polar surface area (TPSA) is 105 Å². The monoisotopic (exact) mass is 375 g/mol. The van der Waals surface area contributed by atoms with Crippen LogP contribution in [0.2, 0.25) is 0 Å². The molecule has 27 heavy (non-hydrogen) atoms. The lowest BCUT2D eigenvalue weighted by molar-refractivity contribution is -0.182. The normalized spacial score (nSPS) is 50.0. The Labute approximate surface area is 161 Å². The molecule has 0 saturated heterocycles. The van der Waals surface area contributed by atoms with E-state index in [0.717, 1.165) is 63.5 Å². The molecule has 0 aliphatic heterocycles. The zero-order valence-corrected chi connectivity index (χ0v) is 16.8. The molecule has 4 aliphatic rings. The van der Waals surface area contributed by atoms with Gasteiger partial charge in [-0.1, -0.05) is 20.3 Å². The minimum atomic E-state index is -0.616. The smallest absolute Gasteiger partial charge is 0.332 e. The van der Waals surface area contributed by atoms with Gasteiger partial charge in [0.2, 0.25) is 0 Å². The number of carbonyl (C=O) groups excluding carboxylic acids is 1. The van der Waals surface area contributed by atoms with Gasteiger partial charge in [-0.15, -0.1) is 0 Å². The van der Waals surface area contributed by atoms with E-state index in [9.17, 15) is 14.7 Å². The molecule has 0 heterocycles. The Morgan fingerprint density at radius 2 is 1.81 bits per heavy atom. The minimum Gasteiger partial charge on any atom is -0.481 e. The summed E-state index contributed by atoms with van der Waals surface area (Å²) in [4.78, 5) is 23.3. The highest BCUT2D eigenvalue weighted by molar-refractivity contribution is 5.94. The van der Waals surface area contributed by atoms with E-state index in [1.165, 1.54) is 0 Å². The molecule has 2 amide bonds. The lowest BCUT2D eigenvalue weighted by atomic mass is 9.40. The molecular formula is C21H33N3O3. The summed E-state index contributed by atoms with van der Waals surface area (Å²) in [5.41, 5.74) is 8.50. The number of primary amides is 1. The number of carbonyl (C=O) groups is 2. The number of nitrogens with two attached hydrogens (primary N) is 1. The Bertz CT molecular complexity index is 721. The Hall–Kier alpha value is -1.59. The molecule has 1 spiro atoms. The van der Waals surface area contributed by atoms with Crippen LogP contribution in [0.3, 0.4) is 0 Å². The molecule has 4 aliphatic carbocycles. The fraction of sp³-hybridized carbons (Fsp3) is 0.857. The molecule has 2 bridgehead atoms. The van der Waals surface area contributed by atoms with Crippen LogP contribution in [0.1, 0.15) is 78.6 Å². The highest BCUT2D eigenvalue weighted by Gasteiger charge is 2.67. The van der Waals surface area contributed by atoms with Crippen LogP contribution in [-0.2, 0) is 4.79 Å². The second-order valence-electron chi connectivity index (χ2n) is 10.6. The van der Waals surface area contributed by atoms with Gasteiger partial charge in [-0.25, -0.2) is 10.2 Å². The summed E-state index contributed by atoms with van der Waals surface area (Å²) in [6.45, 7) is 6.64. The van der Waals surface area contributed by atoms with Crippen LogP contribution >= 0.6 is 0 Å². The number of hydrogen-bond acceptors (Lipinski definition) is 3. The van der Waals surface area contributed by atoms with Crippen molar-refractivity contribution in [3.63, 3.8) is 0 Å². The number of nitrogens with zero attached hydrogens (tertiary/aromatic N) is 1. The summed E-state index contributed by atoms with van der Waals surface area (Å²) in [6, 6.07) is -0.609. The van der Waals surface area contributed by atoms with Crippen molar-refractivity contribution in [3.8, 4) is 0 Å². The third-order valence-electron chi connectivity index (χ3n) is 9.18. The molecule has 6 heteroatoms. The summed E-state index contributed by atoms with van der Waals surface area (Å²) in [7, 11) is 0. The maximum atomic E-state index is 12.2. The van der Waals surface area contributed by atoms with E-state index < -0.39 is 17.4 Å². The first-order valence-electron chi connectivity index (χ1n) is 10.4. The lowest BCUT2D eigenvalue weighted by Gasteiger charge is -2.63. The summed E-state index contributed by atoms with van der Waals surface area (Å²) in [6.07, 6.45) is 9.22. The van der Waals surface area contributed by atoms with Gasteiger partial charge in [0.1, 0.15) is 0 Å². The highest BCUT2D eigenvalue weighted by Crippen LogP contribution is 2.73. The Morgan fingerprint density at radius 1 is 1.11 bits per heavy atom. The van der Waals surface area contributed by atoms with Crippen molar-refractivity contribution in [1.82, 2.24) is 5.43 Å². The fourth-order valence-electron chi connectivity index (χ4n) is 8.08. The van der Waals surface area contributed by atoms with Gasteiger partial charge in [-0.3, -0.25) is 4.79 Å². The summed E-state index contributed by atoms with van der Waals surface area (Å²) < 4.78 is 0. The van der Waals surface area contributed by atoms with E-state index in [0.29, 0.717) is 5.92 Å². The Balaban J connectivity index is 1.70. The van der Waals surface area contributed by atoms with Gasteiger partial charge >= 0.3 is 12.0 Å². The van der Waals surface area contributed by atoms with Gasteiger partial charge in [-0.2, -0.15) is 5.10 Å². The van der Waals surface area contributed by atoms with Gasteiger partial charge in [-0.05, 0) is 81.0 Å². The second kappa shape index (κ2) is 5.71. The Morgan fingerprint density at radius 3 is 2.48 bits per heavy atom. The maximum Gasteiger partial charge on any atom is 0.332 e. The van der Waals surface area contributed by atoms with Crippen LogP contribution < -0.4 is 11.2 Å². The van der Waals surface area contributed by atoms with Crippen molar-refractivity contribution in [2.75, 3.05) is 0 Å². The fourth-order valence-corrected chi connectivity index (χ4v) is 8.08. The van der Waals surface area contributed by atoms with Crippen LogP contribution in [0.25, 0.3) is 0 Å².